The molecule has 1 aromatic rings. The van der Waals surface area contributed by atoms with Gasteiger partial charge in [-0.25, -0.2) is 0 Å². The molecule has 12 heavy (non-hydrogen) atoms. The summed E-state index contributed by atoms with van der Waals surface area (Å²) in [5.41, 5.74) is 5.86. The number of likely N-dealkylation sites (N-methyl/N-ethyl adjacent to an activating group) is 1. The highest BCUT2D eigenvalue weighted by Crippen LogP contribution is 2.02. The minimum Gasteiger partial charge on any atom is -0.472 e. The highest BCUT2D eigenvalue weighted by molar-refractivity contribution is 5.93. The zero-order valence-corrected chi connectivity index (χ0v) is 6.99. The monoisotopic (exact) mass is 168 g/mol. The van der Waals surface area contributed by atoms with Crippen LogP contribution in [0.5, 0.6) is 0 Å². The molecule has 0 fully saturated rings. The van der Waals surface area contributed by atoms with E-state index in [0.717, 1.165) is 0 Å². The lowest BCUT2D eigenvalue weighted by molar-refractivity contribution is 0.0798. The van der Waals surface area contributed by atoms with E-state index in [4.69, 9.17) is 10.2 Å². The lowest BCUT2D eigenvalue weighted by Crippen LogP contribution is -2.31. The number of hydrogen-bond acceptors (Lipinski definition) is 3. The van der Waals surface area contributed by atoms with Crippen molar-refractivity contribution in [1.29, 1.82) is 0 Å². The number of carbonyl (C=O) groups is 1. The van der Waals surface area contributed by atoms with Crippen LogP contribution in [0.2, 0.25) is 0 Å². The van der Waals surface area contributed by atoms with Crippen LogP contribution in [0.15, 0.2) is 23.0 Å². The quantitative estimate of drug-likeness (QED) is 0.706. The number of furan rings is 1. The molecule has 0 saturated heterocycles. The zero-order chi connectivity index (χ0) is 8.97. The van der Waals surface area contributed by atoms with Crippen LogP contribution in [0.4, 0.5) is 0 Å². The number of hydrogen-bond donors (Lipinski definition) is 1. The van der Waals surface area contributed by atoms with E-state index in [1.54, 1.807) is 18.0 Å². The van der Waals surface area contributed by atoms with Crippen LogP contribution in [0.3, 0.4) is 0 Å². The summed E-state index contributed by atoms with van der Waals surface area (Å²) in [6.45, 7) is 1.03. The summed E-state index contributed by atoms with van der Waals surface area (Å²) >= 11 is 0. The van der Waals surface area contributed by atoms with E-state index in [2.05, 4.69) is 0 Å². The predicted octanol–water partition coefficient (Wildman–Crippen LogP) is 0.310. The molecule has 0 saturated carbocycles. The fraction of sp³-hybridized carbons (Fsp3) is 0.375. The molecule has 0 bridgehead atoms. The molecule has 0 atom stereocenters. The Bertz CT molecular complexity index is 244. The van der Waals surface area contributed by atoms with Crippen molar-refractivity contribution < 1.29 is 9.21 Å². The topological polar surface area (TPSA) is 59.5 Å². The maximum absolute atomic E-state index is 11.4. The van der Waals surface area contributed by atoms with Crippen molar-refractivity contribution in [2.75, 3.05) is 20.1 Å². The summed E-state index contributed by atoms with van der Waals surface area (Å²) in [6, 6.07) is 1.63. The lowest BCUT2D eigenvalue weighted by Gasteiger charge is -2.13. The van der Waals surface area contributed by atoms with Gasteiger partial charge >= 0.3 is 0 Å². The molecule has 4 nitrogen and oxygen atoms in total. The Kier molecular flexibility index (Phi) is 2.88. The first kappa shape index (κ1) is 8.80. The molecule has 0 radical (unpaired) electrons. The zero-order valence-electron chi connectivity index (χ0n) is 6.99. The normalized spacial score (nSPS) is 9.83. The molecule has 2 N–H and O–H groups in total. The fourth-order valence-corrected chi connectivity index (χ4v) is 0.902. The van der Waals surface area contributed by atoms with Crippen LogP contribution >= 0.6 is 0 Å². The molecule has 0 aliphatic rings. The molecule has 0 aliphatic carbocycles. The van der Waals surface area contributed by atoms with Gasteiger partial charge in [-0.2, -0.15) is 0 Å². The van der Waals surface area contributed by atoms with Gasteiger partial charge < -0.3 is 15.1 Å². The molecular weight excluding hydrogens is 156 g/mol. The Balaban J connectivity index is 2.59. The van der Waals surface area contributed by atoms with Crippen molar-refractivity contribution in [2.24, 2.45) is 5.73 Å². The summed E-state index contributed by atoms with van der Waals surface area (Å²) in [6.07, 6.45) is 2.90. The van der Waals surface area contributed by atoms with Crippen molar-refractivity contribution in [3.63, 3.8) is 0 Å². The smallest absolute Gasteiger partial charge is 0.256 e. The van der Waals surface area contributed by atoms with E-state index in [1.807, 2.05) is 0 Å². The minimum absolute atomic E-state index is 0.0609. The Hall–Kier alpha value is -1.29. The summed E-state index contributed by atoms with van der Waals surface area (Å²) in [5, 5.41) is 0. The van der Waals surface area contributed by atoms with Crippen molar-refractivity contribution in [3.8, 4) is 0 Å². The van der Waals surface area contributed by atoms with E-state index >= 15 is 0 Å². The van der Waals surface area contributed by atoms with Crippen LogP contribution in [-0.4, -0.2) is 30.9 Å². The van der Waals surface area contributed by atoms with E-state index in [-0.39, 0.29) is 5.91 Å². The molecule has 1 amide bonds. The number of carbonyl (C=O) groups excluding carboxylic acids is 1. The molecule has 4 heteroatoms. The standard InChI is InChI=1S/C8H12N2O2/c1-10(4-3-9)8(11)7-2-5-12-6-7/h2,5-6H,3-4,9H2,1H3. The average molecular weight is 168 g/mol. The molecule has 1 rings (SSSR count). The lowest BCUT2D eigenvalue weighted by atomic mass is 10.3. The van der Waals surface area contributed by atoms with Gasteiger partial charge in [0.25, 0.3) is 5.91 Å². The van der Waals surface area contributed by atoms with E-state index in [0.29, 0.717) is 18.7 Å². The number of amides is 1. The first-order chi connectivity index (χ1) is 5.75. The van der Waals surface area contributed by atoms with Crippen LogP contribution in [0, 0.1) is 0 Å². The number of nitrogens with zero attached hydrogens (tertiary/aromatic N) is 1. The van der Waals surface area contributed by atoms with Crippen LogP contribution < -0.4 is 5.73 Å². The van der Waals surface area contributed by atoms with Gasteiger partial charge in [0.1, 0.15) is 6.26 Å². The Labute approximate surface area is 70.9 Å². The van der Waals surface area contributed by atoms with Gasteiger partial charge in [0.05, 0.1) is 11.8 Å². The minimum atomic E-state index is -0.0609. The SMILES string of the molecule is CN(CCN)C(=O)c1ccoc1. The first-order valence-corrected chi connectivity index (χ1v) is 3.73. The van der Waals surface area contributed by atoms with Crippen molar-refractivity contribution in [3.05, 3.63) is 24.2 Å². The summed E-state index contributed by atoms with van der Waals surface area (Å²) in [4.78, 5) is 13.0. The Morgan fingerprint density at radius 3 is 3.00 bits per heavy atom. The third-order valence-corrected chi connectivity index (χ3v) is 1.58. The molecule has 0 aliphatic heterocycles. The summed E-state index contributed by atoms with van der Waals surface area (Å²) < 4.78 is 4.79. The molecule has 66 valence electrons. The highest BCUT2D eigenvalue weighted by atomic mass is 16.3. The molecule has 0 aromatic carbocycles. The van der Waals surface area contributed by atoms with E-state index in [9.17, 15) is 4.79 Å². The molecule has 1 aromatic heterocycles. The van der Waals surface area contributed by atoms with Gasteiger partial charge in [-0.3, -0.25) is 4.79 Å². The second kappa shape index (κ2) is 3.92. The summed E-state index contributed by atoms with van der Waals surface area (Å²) in [7, 11) is 1.71. The van der Waals surface area contributed by atoms with Gasteiger partial charge in [0, 0.05) is 20.1 Å². The predicted molar refractivity (Wildman–Crippen MR) is 44.7 cm³/mol. The molecule has 1 heterocycles. The molecular formula is C8H12N2O2. The summed E-state index contributed by atoms with van der Waals surface area (Å²) in [5.74, 6) is -0.0609. The van der Waals surface area contributed by atoms with E-state index in [1.165, 1.54) is 12.5 Å². The molecule has 0 spiro atoms. The highest BCUT2D eigenvalue weighted by Gasteiger charge is 2.10. The third-order valence-electron chi connectivity index (χ3n) is 1.58. The van der Waals surface area contributed by atoms with Crippen molar-refractivity contribution in [1.82, 2.24) is 4.90 Å². The average Bonchev–Trinajstić information content (AvgIpc) is 2.55. The largest absolute Gasteiger partial charge is 0.472 e. The first-order valence-electron chi connectivity index (χ1n) is 3.73. The second-order valence-electron chi connectivity index (χ2n) is 2.53. The van der Waals surface area contributed by atoms with Gasteiger partial charge in [0.15, 0.2) is 0 Å². The van der Waals surface area contributed by atoms with Gasteiger partial charge in [-0.05, 0) is 6.07 Å². The second-order valence-corrected chi connectivity index (χ2v) is 2.53. The Morgan fingerprint density at radius 2 is 2.50 bits per heavy atom. The number of nitrogens with two attached hydrogens (primary N) is 1. The van der Waals surface area contributed by atoms with Crippen molar-refractivity contribution in [2.45, 2.75) is 0 Å². The van der Waals surface area contributed by atoms with Gasteiger partial charge in [-0.1, -0.05) is 0 Å². The maximum atomic E-state index is 11.4. The van der Waals surface area contributed by atoms with E-state index < -0.39 is 0 Å². The third kappa shape index (κ3) is 1.85. The van der Waals surface area contributed by atoms with Gasteiger partial charge in [-0.15, -0.1) is 0 Å². The van der Waals surface area contributed by atoms with Crippen molar-refractivity contribution >= 4 is 5.91 Å². The fourth-order valence-electron chi connectivity index (χ4n) is 0.902. The Morgan fingerprint density at radius 1 is 1.75 bits per heavy atom. The van der Waals surface area contributed by atoms with Crippen LogP contribution in [-0.2, 0) is 0 Å². The molecule has 0 unspecified atom stereocenters. The number of rotatable bonds is 3. The van der Waals surface area contributed by atoms with Crippen LogP contribution in [0.1, 0.15) is 10.4 Å². The van der Waals surface area contributed by atoms with Crippen LogP contribution in [0.25, 0.3) is 0 Å². The van der Waals surface area contributed by atoms with Gasteiger partial charge in [0.2, 0.25) is 0 Å². The maximum Gasteiger partial charge on any atom is 0.256 e.